The molecule has 2 atom stereocenters. The van der Waals surface area contributed by atoms with Crippen LogP contribution >= 0.6 is 0 Å². The number of rotatable bonds is 11. The molecule has 1 aliphatic rings. The molecule has 0 amide bonds. The summed E-state index contributed by atoms with van der Waals surface area (Å²) < 4.78 is 85.3. The van der Waals surface area contributed by atoms with Gasteiger partial charge in [0, 0.05) is 24.8 Å². The van der Waals surface area contributed by atoms with E-state index in [0.29, 0.717) is 25.6 Å². The fraction of sp³-hybridized carbons (Fsp3) is 0.393. The Morgan fingerprint density at radius 2 is 1.61 bits per heavy atom. The zero-order valence-corrected chi connectivity index (χ0v) is 20.4. The number of pyridine rings is 1. The Morgan fingerprint density at radius 3 is 2.21 bits per heavy atom. The van der Waals surface area contributed by atoms with Crippen molar-refractivity contribution in [1.29, 1.82) is 0 Å². The van der Waals surface area contributed by atoms with Crippen LogP contribution in [0.25, 0.3) is 11.3 Å². The van der Waals surface area contributed by atoms with Gasteiger partial charge in [-0.15, -0.1) is 0 Å². The van der Waals surface area contributed by atoms with Gasteiger partial charge < -0.3 is 15.2 Å². The van der Waals surface area contributed by atoms with Crippen LogP contribution in [0, 0.1) is 5.92 Å². The van der Waals surface area contributed by atoms with E-state index in [0.717, 1.165) is 48.7 Å². The summed E-state index contributed by atoms with van der Waals surface area (Å²) in [5.41, 5.74) is -1.28. The summed E-state index contributed by atoms with van der Waals surface area (Å²) in [6.45, 7) is 0.961. The highest BCUT2D eigenvalue weighted by molar-refractivity contribution is 5.61. The second-order valence-electron chi connectivity index (χ2n) is 9.54. The lowest BCUT2D eigenvalue weighted by molar-refractivity contribution is -0.141. The average molecular weight is 539 g/mol. The molecule has 38 heavy (non-hydrogen) atoms. The number of alkyl halides is 6. The van der Waals surface area contributed by atoms with E-state index >= 15 is 0 Å². The van der Waals surface area contributed by atoms with Crippen molar-refractivity contribution >= 4 is 0 Å². The van der Waals surface area contributed by atoms with Crippen molar-refractivity contribution in [3.05, 3.63) is 89.1 Å². The van der Waals surface area contributed by atoms with Crippen molar-refractivity contribution in [2.24, 2.45) is 5.92 Å². The molecule has 2 N–H and O–H groups in total. The first-order valence-corrected chi connectivity index (χ1v) is 12.3. The minimum absolute atomic E-state index is 0.0490. The Kier molecular flexibility index (Phi) is 8.74. The van der Waals surface area contributed by atoms with Crippen LogP contribution in [0.1, 0.15) is 41.3 Å². The van der Waals surface area contributed by atoms with Gasteiger partial charge in [0.25, 0.3) is 0 Å². The van der Waals surface area contributed by atoms with E-state index in [2.05, 4.69) is 10.3 Å². The molecule has 1 unspecified atom stereocenters. The summed E-state index contributed by atoms with van der Waals surface area (Å²) in [5.74, 6) is 0.569. The average Bonchev–Trinajstić information content (AvgIpc) is 3.71. The number of ether oxygens (including phenoxy) is 1. The van der Waals surface area contributed by atoms with Crippen LogP contribution < -0.4 is 5.32 Å². The van der Waals surface area contributed by atoms with E-state index in [9.17, 15) is 31.4 Å². The van der Waals surface area contributed by atoms with Gasteiger partial charge >= 0.3 is 12.4 Å². The second kappa shape index (κ2) is 11.8. The molecule has 10 heteroatoms. The summed E-state index contributed by atoms with van der Waals surface area (Å²) in [7, 11) is 0. The highest BCUT2D eigenvalue weighted by Crippen LogP contribution is 2.34. The highest BCUT2D eigenvalue weighted by Gasteiger charge is 2.34. The van der Waals surface area contributed by atoms with Crippen LogP contribution in [0.2, 0.25) is 0 Å². The number of benzene rings is 2. The number of aromatic nitrogens is 1. The van der Waals surface area contributed by atoms with Crippen molar-refractivity contribution in [2.75, 3.05) is 19.8 Å². The molecule has 1 aliphatic carbocycles. The van der Waals surface area contributed by atoms with E-state index in [1.807, 2.05) is 30.3 Å². The van der Waals surface area contributed by atoms with Gasteiger partial charge in [-0.2, -0.15) is 26.3 Å². The number of nitrogens with zero attached hydrogens (tertiary/aromatic N) is 1. The quantitative estimate of drug-likeness (QED) is 0.276. The van der Waals surface area contributed by atoms with Crippen LogP contribution in [0.3, 0.4) is 0 Å². The van der Waals surface area contributed by atoms with E-state index < -0.39 is 29.7 Å². The summed E-state index contributed by atoms with van der Waals surface area (Å²) >= 11 is 0. The van der Waals surface area contributed by atoms with E-state index in [-0.39, 0.29) is 29.4 Å². The lowest BCUT2D eigenvalue weighted by atomic mass is 10.0. The monoisotopic (exact) mass is 538 g/mol. The Hall–Kier alpha value is -2.95. The Morgan fingerprint density at radius 1 is 0.921 bits per heavy atom. The Balaban J connectivity index is 1.51. The number of hydrogen-bond donors (Lipinski definition) is 2. The predicted molar refractivity (Wildman–Crippen MR) is 130 cm³/mol. The lowest BCUT2D eigenvalue weighted by Gasteiger charge is -2.22. The van der Waals surface area contributed by atoms with Gasteiger partial charge in [-0.25, -0.2) is 4.98 Å². The fourth-order valence-corrected chi connectivity index (χ4v) is 4.01. The molecule has 0 saturated heterocycles. The van der Waals surface area contributed by atoms with Crippen molar-refractivity contribution in [2.45, 2.75) is 43.8 Å². The molecule has 1 fully saturated rings. The minimum atomic E-state index is -4.81. The first kappa shape index (κ1) is 28.1. The second-order valence-corrected chi connectivity index (χ2v) is 9.54. The van der Waals surface area contributed by atoms with Gasteiger partial charge in [0.05, 0.1) is 24.0 Å². The minimum Gasteiger partial charge on any atom is -0.387 e. The molecule has 1 aromatic heterocycles. The molecule has 1 saturated carbocycles. The molecule has 1 heterocycles. The SMILES string of the molecule is O[C@@H](CNC(COCC1CC1)Cc1ccccc1)c1cc(-c2ccc(C(F)(F)F)cc2)nc(C(F)(F)F)c1. The zero-order chi connectivity index (χ0) is 27.3. The first-order valence-electron chi connectivity index (χ1n) is 12.3. The molecule has 2 aromatic carbocycles. The Bertz CT molecular complexity index is 1180. The normalized spacial score (nSPS) is 15.9. The van der Waals surface area contributed by atoms with Gasteiger partial charge in [-0.05, 0) is 60.6 Å². The summed E-state index contributed by atoms with van der Waals surface area (Å²) in [6.07, 6.45) is -7.84. The smallest absolute Gasteiger partial charge is 0.387 e. The van der Waals surface area contributed by atoms with Crippen molar-refractivity contribution in [1.82, 2.24) is 10.3 Å². The van der Waals surface area contributed by atoms with Gasteiger partial charge in [0.2, 0.25) is 0 Å². The van der Waals surface area contributed by atoms with Crippen LogP contribution in [-0.2, 0) is 23.5 Å². The molecule has 4 rings (SSSR count). The van der Waals surface area contributed by atoms with E-state index in [1.54, 1.807) is 0 Å². The largest absolute Gasteiger partial charge is 0.433 e. The number of nitrogens with one attached hydrogen (secondary N) is 1. The summed E-state index contributed by atoms with van der Waals surface area (Å²) in [5, 5.41) is 14.0. The molecule has 0 radical (unpaired) electrons. The highest BCUT2D eigenvalue weighted by atomic mass is 19.4. The predicted octanol–water partition coefficient (Wildman–Crippen LogP) is 6.45. The maximum absolute atomic E-state index is 13.6. The van der Waals surface area contributed by atoms with Crippen LogP contribution in [-0.4, -0.2) is 35.9 Å². The van der Waals surface area contributed by atoms with Gasteiger partial charge in [-0.1, -0.05) is 42.5 Å². The molecule has 0 aliphatic heterocycles. The molecule has 4 nitrogen and oxygen atoms in total. The number of aliphatic hydroxyl groups is 1. The standard InChI is InChI=1S/C28H28F6N2O2/c29-27(30,31)22-10-8-20(9-11-22)24-13-21(14-26(36-24)28(32,33)34)25(37)15-35-23(17-38-16-19-6-7-19)12-18-4-2-1-3-5-18/h1-5,8-11,13-14,19,23,25,35,37H,6-7,12,15-17H2/t23?,25-/m0/s1. The maximum Gasteiger partial charge on any atom is 0.433 e. The molecular weight excluding hydrogens is 510 g/mol. The van der Waals surface area contributed by atoms with Gasteiger partial charge in [0.15, 0.2) is 0 Å². The first-order chi connectivity index (χ1) is 18.0. The third kappa shape index (κ3) is 8.02. The summed E-state index contributed by atoms with van der Waals surface area (Å²) in [6, 6.07) is 15.2. The third-order valence-corrected chi connectivity index (χ3v) is 6.33. The van der Waals surface area contributed by atoms with Crippen molar-refractivity contribution < 1.29 is 36.2 Å². The number of hydrogen-bond acceptors (Lipinski definition) is 4. The fourth-order valence-electron chi connectivity index (χ4n) is 4.01. The summed E-state index contributed by atoms with van der Waals surface area (Å²) in [4.78, 5) is 3.61. The molecular formula is C28H28F6N2O2. The number of aliphatic hydroxyl groups excluding tert-OH is 1. The van der Waals surface area contributed by atoms with E-state index in [4.69, 9.17) is 4.74 Å². The topological polar surface area (TPSA) is 54.4 Å². The zero-order valence-electron chi connectivity index (χ0n) is 20.4. The molecule has 3 aromatic rings. The van der Waals surface area contributed by atoms with Gasteiger partial charge in [0.1, 0.15) is 5.69 Å². The van der Waals surface area contributed by atoms with Crippen LogP contribution in [0.4, 0.5) is 26.3 Å². The van der Waals surface area contributed by atoms with Crippen LogP contribution in [0.15, 0.2) is 66.7 Å². The van der Waals surface area contributed by atoms with E-state index in [1.165, 1.54) is 6.07 Å². The lowest BCUT2D eigenvalue weighted by Crippen LogP contribution is -2.38. The molecule has 0 bridgehead atoms. The number of halogens is 6. The molecule has 0 spiro atoms. The van der Waals surface area contributed by atoms with Gasteiger partial charge in [-0.3, -0.25) is 0 Å². The third-order valence-electron chi connectivity index (χ3n) is 6.33. The maximum atomic E-state index is 13.6. The van der Waals surface area contributed by atoms with Crippen LogP contribution in [0.5, 0.6) is 0 Å². The van der Waals surface area contributed by atoms with Crippen molar-refractivity contribution in [3.63, 3.8) is 0 Å². The molecule has 204 valence electrons. The Labute approximate surface area is 216 Å². The van der Waals surface area contributed by atoms with Crippen molar-refractivity contribution in [3.8, 4) is 11.3 Å².